The summed E-state index contributed by atoms with van der Waals surface area (Å²) in [6, 6.07) is 11.9. The Morgan fingerprint density at radius 3 is 2.28 bits per heavy atom. The SMILES string of the molecule is CC(C)C(C)(O)c1ccc2cc(CO)ccc2c1. The number of rotatable bonds is 3. The van der Waals surface area contributed by atoms with Crippen LogP contribution >= 0.6 is 0 Å². The fourth-order valence-corrected chi connectivity index (χ4v) is 2.04. The molecule has 0 saturated carbocycles. The first kappa shape index (κ1) is 13.1. The Balaban J connectivity index is 2.51. The van der Waals surface area contributed by atoms with Crippen molar-refractivity contribution in [2.24, 2.45) is 5.92 Å². The third kappa shape index (κ3) is 2.26. The van der Waals surface area contributed by atoms with Crippen LogP contribution in [0.25, 0.3) is 10.8 Å². The molecule has 2 nitrogen and oxygen atoms in total. The molecule has 0 aliphatic rings. The number of aliphatic hydroxyl groups is 2. The van der Waals surface area contributed by atoms with Crippen molar-refractivity contribution in [1.82, 2.24) is 0 Å². The Morgan fingerprint density at radius 2 is 1.67 bits per heavy atom. The van der Waals surface area contributed by atoms with E-state index in [1.807, 2.05) is 57.2 Å². The molecule has 1 atom stereocenters. The fourth-order valence-electron chi connectivity index (χ4n) is 2.04. The number of fused-ring (bicyclic) bond motifs is 1. The van der Waals surface area contributed by atoms with Crippen LogP contribution in [-0.2, 0) is 12.2 Å². The number of benzene rings is 2. The second-order valence-corrected chi connectivity index (χ2v) is 5.36. The Bertz CT molecular complexity index is 556. The first-order chi connectivity index (χ1) is 8.45. The van der Waals surface area contributed by atoms with Crippen LogP contribution in [-0.4, -0.2) is 10.2 Å². The van der Waals surface area contributed by atoms with Gasteiger partial charge < -0.3 is 10.2 Å². The van der Waals surface area contributed by atoms with Gasteiger partial charge in [-0.25, -0.2) is 0 Å². The lowest BCUT2D eigenvalue weighted by atomic mass is 9.84. The molecule has 2 aromatic carbocycles. The second kappa shape index (κ2) is 4.71. The van der Waals surface area contributed by atoms with E-state index in [2.05, 4.69) is 0 Å². The summed E-state index contributed by atoms with van der Waals surface area (Å²) in [6.45, 7) is 5.93. The van der Waals surface area contributed by atoms with Crippen molar-refractivity contribution in [2.75, 3.05) is 0 Å². The van der Waals surface area contributed by atoms with E-state index in [9.17, 15) is 5.11 Å². The van der Waals surface area contributed by atoms with Crippen molar-refractivity contribution in [1.29, 1.82) is 0 Å². The molecule has 18 heavy (non-hydrogen) atoms. The van der Waals surface area contributed by atoms with Crippen molar-refractivity contribution < 1.29 is 10.2 Å². The van der Waals surface area contributed by atoms with Crippen LogP contribution in [0.15, 0.2) is 36.4 Å². The Kier molecular flexibility index (Phi) is 3.42. The number of hydrogen-bond donors (Lipinski definition) is 2. The normalized spacial score (nSPS) is 15.0. The Hall–Kier alpha value is -1.38. The molecule has 2 rings (SSSR count). The molecule has 1 unspecified atom stereocenters. The van der Waals surface area contributed by atoms with E-state index in [0.717, 1.165) is 21.9 Å². The number of aliphatic hydroxyl groups excluding tert-OH is 1. The zero-order chi connectivity index (χ0) is 13.3. The maximum atomic E-state index is 10.5. The van der Waals surface area contributed by atoms with E-state index in [4.69, 9.17) is 5.11 Å². The van der Waals surface area contributed by atoms with Gasteiger partial charge >= 0.3 is 0 Å². The smallest absolute Gasteiger partial charge is 0.0891 e. The lowest BCUT2D eigenvalue weighted by Gasteiger charge is -2.28. The molecule has 0 fully saturated rings. The van der Waals surface area contributed by atoms with Crippen LogP contribution in [0.4, 0.5) is 0 Å². The van der Waals surface area contributed by atoms with Crippen molar-refractivity contribution in [3.63, 3.8) is 0 Å². The summed E-state index contributed by atoms with van der Waals surface area (Å²) in [6.07, 6.45) is 0. The summed E-state index contributed by atoms with van der Waals surface area (Å²) in [7, 11) is 0. The van der Waals surface area contributed by atoms with E-state index in [1.54, 1.807) is 0 Å². The molecular formula is C16H20O2. The van der Waals surface area contributed by atoms with E-state index < -0.39 is 5.60 Å². The maximum absolute atomic E-state index is 10.5. The van der Waals surface area contributed by atoms with Gasteiger partial charge in [0, 0.05) is 0 Å². The number of hydrogen-bond acceptors (Lipinski definition) is 2. The molecule has 0 aromatic heterocycles. The minimum absolute atomic E-state index is 0.0569. The summed E-state index contributed by atoms with van der Waals surface area (Å²) in [4.78, 5) is 0. The highest BCUT2D eigenvalue weighted by Gasteiger charge is 2.27. The lowest BCUT2D eigenvalue weighted by Crippen LogP contribution is -2.27. The average molecular weight is 244 g/mol. The predicted molar refractivity (Wildman–Crippen MR) is 74.3 cm³/mol. The van der Waals surface area contributed by atoms with Crippen LogP contribution in [0.3, 0.4) is 0 Å². The molecule has 0 aliphatic heterocycles. The molecule has 0 heterocycles. The van der Waals surface area contributed by atoms with Gasteiger partial charge in [-0.15, -0.1) is 0 Å². The van der Waals surface area contributed by atoms with Gasteiger partial charge in [0.25, 0.3) is 0 Å². The van der Waals surface area contributed by atoms with Crippen LogP contribution in [0.5, 0.6) is 0 Å². The molecule has 0 radical (unpaired) electrons. The van der Waals surface area contributed by atoms with Gasteiger partial charge in [-0.2, -0.15) is 0 Å². The van der Waals surface area contributed by atoms with Gasteiger partial charge in [-0.1, -0.05) is 38.1 Å². The first-order valence-electron chi connectivity index (χ1n) is 6.31. The molecule has 0 aliphatic carbocycles. The van der Waals surface area contributed by atoms with E-state index in [-0.39, 0.29) is 12.5 Å². The Morgan fingerprint density at radius 1 is 1.06 bits per heavy atom. The standard InChI is InChI=1S/C16H20O2/c1-11(2)16(3,18)15-7-6-13-8-12(10-17)4-5-14(13)9-15/h4-9,11,17-18H,10H2,1-3H3. The second-order valence-electron chi connectivity index (χ2n) is 5.36. The Labute approximate surface area is 108 Å². The van der Waals surface area contributed by atoms with Crippen LogP contribution in [0.1, 0.15) is 31.9 Å². The summed E-state index contributed by atoms with van der Waals surface area (Å²) in [5, 5.41) is 21.8. The molecule has 2 heteroatoms. The summed E-state index contributed by atoms with van der Waals surface area (Å²) < 4.78 is 0. The van der Waals surface area contributed by atoms with E-state index >= 15 is 0 Å². The molecule has 0 saturated heterocycles. The highest BCUT2D eigenvalue weighted by atomic mass is 16.3. The molecule has 96 valence electrons. The molecule has 0 bridgehead atoms. The topological polar surface area (TPSA) is 40.5 Å². The quantitative estimate of drug-likeness (QED) is 0.870. The van der Waals surface area contributed by atoms with Crippen LogP contribution in [0.2, 0.25) is 0 Å². The summed E-state index contributed by atoms with van der Waals surface area (Å²) in [5.74, 6) is 0.159. The van der Waals surface area contributed by atoms with Gasteiger partial charge in [0.15, 0.2) is 0 Å². The lowest BCUT2D eigenvalue weighted by molar-refractivity contribution is 0.00917. The third-order valence-electron chi connectivity index (χ3n) is 3.80. The van der Waals surface area contributed by atoms with Crippen molar-refractivity contribution >= 4 is 10.8 Å². The van der Waals surface area contributed by atoms with Gasteiger partial charge in [0.2, 0.25) is 0 Å². The molecule has 0 spiro atoms. The largest absolute Gasteiger partial charge is 0.392 e. The zero-order valence-electron chi connectivity index (χ0n) is 11.1. The average Bonchev–Trinajstić information content (AvgIpc) is 2.37. The first-order valence-corrected chi connectivity index (χ1v) is 6.31. The van der Waals surface area contributed by atoms with Crippen LogP contribution in [0, 0.1) is 5.92 Å². The monoisotopic (exact) mass is 244 g/mol. The van der Waals surface area contributed by atoms with E-state index in [1.165, 1.54) is 0 Å². The third-order valence-corrected chi connectivity index (χ3v) is 3.80. The minimum Gasteiger partial charge on any atom is -0.392 e. The zero-order valence-corrected chi connectivity index (χ0v) is 11.1. The highest BCUT2D eigenvalue weighted by molar-refractivity contribution is 5.84. The van der Waals surface area contributed by atoms with Crippen molar-refractivity contribution in [3.8, 4) is 0 Å². The fraction of sp³-hybridized carbons (Fsp3) is 0.375. The van der Waals surface area contributed by atoms with Gasteiger partial charge in [-0.3, -0.25) is 0 Å². The minimum atomic E-state index is -0.816. The molecule has 2 aromatic rings. The van der Waals surface area contributed by atoms with Gasteiger partial charge in [0.1, 0.15) is 0 Å². The molecule has 0 amide bonds. The summed E-state index contributed by atoms with van der Waals surface area (Å²) in [5.41, 5.74) is 1.02. The summed E-state index contributed by atoms with van der Waals surface area (Å²) >= 11 is 0. The van der Waals surface area contributed by atoms with E-state index in [0.29, 0.717) is 0 Å². The van der Waals surface area contributed by atoms with Crippen molar-refractivity contribution in [3.05, 3.63) is 47.5 Å². The van der Waals surface area contributed by atoms with Crippen LogP contribution < -0.4 is 0 Å². The van der Waals surface area contributed by atoms with Crippen molar-refractivity contribution in [2.45, 2.75) is 33.0 Å². The maximum Gasteiger partial charge on any atom is 0.0891 e. The predicted octanol–water partition coefficient (Wildman–Crippen LogP) is 3.20. The highest BCUT2D eigenvalue weighted by Crippen LogP contribution is 2.31. The van der Waals surface area contributed by atoms with Gasteiger partial charge in [0.05, 0.1) is 12.2 Å². The molecular weight excluding hydrogens is 224 g/mol. The molecule has 2 N–H and O–H groups in total. The van der Waals surface area contributed by atoms with Gasteiger partial charge in [-0.05, 0) is 46.9 Å².